The molecule has 0 spiro atoms. The standard InChI is InChI=1S/C10H17NO4/c12-3-4-15-10(14)11-7-1-2-8(11)6-9(13)5-7/h7-9,12-13H,1-6H2. The minimum Gasteiger partial charge on any atom is -0.447 e. The number of carbonyl (C=O) groups excluding carboxylic acids is 1. The second-order valence-corrected chi connectivity index (χ2v) is 4.26. The summed E-state index contributed by atoms with van der Waals surface area (Å²) in [4.78, 5) is 13.4. The molecular weight excluding hydrogens is 198 g/mol. The van der Waals surface area contributed by atoms with Crippen LogP contribution in [0.3, 0.4) is 0 Å². The van der Waals surface area contributed by atoms with Crippen molar-refractivity contribution in [3.63, 3.8) is 0 Å². The lowest BCUT2D eigenvalue weighted by atomic mass is 10.0. The van der Waals surface area contributed by atoms with Crippen LogP contribution in [0.1, 0.15) is 25.7 Å². The molecule has 2 fully saturated rings. The quantitative estimate of drug-likeness (QED) is 0.685. The Morgan fingerprint density at radius 1 is 1.33 bits per heavy atom. The lowest BCUT2D eigenvalue weighted by Gasteiger charge is -2.36. The molecule has 0 aromatic carbocycles. The van der Waals surface area contributed by atoms with Crippen molar-refractivity contribution in [2.24, 2.45) is 0 Å². The van der Waals surface area contributed by atoms with Gasteiger partial charge in [0.15, 0.2) is 0 Å². The number of hydrogen-bond donors (Lipinski definition) is 2. The van der Waals surface area contributed by atoms with Crippen LogP contribution in [-0.2, 0) is 4.74 Å². The van der Waals surface area contributed by atoms with E-state index < -0.39 is 0 Å². The number of hydrogen-bond acceptors (Lipinski definition) is 4. The highest BCUT2D eigenvalue weighted by Gasteiger charge is 2.43. The molecule has 86 valence electrons. The predicted molar refractivity (Wildman–Crippen MR) is 52.3 cm³/mol. The molecule has 5 heteroatoms. The Balaban J connectivity index is 1.95. The second-order valence-electron chi connectivity index (χ2n) is 4.26. The summed E-state index contributed by atoms with van der Waals surface area (Å²) in [6.45, 7) is -0.0884. The van der Waals surface area contributed by atoms with E-state index >= 15 is 0 Å². The Labute approximate surface area is 88.6 Å². The van der Waals surface area contributed by atoms with Gasteiger partial charge in [0.2, 0.25) is 0 Å². The SMILES string of the molecule is O=C(OCCO)N1C2CCC1CC(O)C2. The molecule has 15 heavy (non-hydrogen) atoms. The molecule has 0 aliphatic carbocycles. The van der Waals surface area contributed by atoms with Crippen molar-refractivity contribution in [3.8, 4) is 0 Å². The van der Waals surface area contributed by atoms with E-state index in [1.165, 1.54) is 0 Å². The summed E-state index contributed by atoms with van der Waals surface area (Å²) >= 11 is 0. The fourth-order valence-corrected chi connectivity index (χ4v) is 2.65. The van der Waals surface area contributed by atoms with Crippen molar-refractivity contribution < 1.29 is 19.7 Å². The number of piperidine rings is 1. The molecule has 2 N–H and O–H groups in total. The number of carbonyl (C=O) groups is 1. The van der Waals surface area contributed by atoms with E-state index in [0.29, 0.717) is 12.8 Å². The van der Waals surface area contributed by atoms with Gasteiger partial charge in [-0.3, -0.25) is 0 Å². The van der Waals surface area contributed by atoms with Crippen molar-refractivity contribution in [1.82, 2.24) is 4.90 Å². The Morgan fingerprint density at radius 3 is 2.47 bits per heavy atom. The smallest absolute Gasteiger partial charge is 0.410 e. The summed E-state index contributed by atoms with van der Waals surface area (Å²) in [6, 6.07) is 0.259. The van der Waals surface area contributed by atoms with E-state index in [2.05, 4.69) is 0 Å². The highest BCUT2D eigenvalue weighted by molar-refractivity contribution is 5.69. The largest absolute Gasteiger partial charge is 0.447 e. The van der Waals surface area contributed by atoms with Crippen LogP contribution in [0.4, 0.5) is 4.79 Å². The van der Waals surface area contributed by atoms with E-state index in [1.807, 2.05) is 0 Å². The molecule has 2 bridgehead atoms. The van der Waals surface area contributed by atoms with Gasteiger partial charge in [0.1, 0.15) is 6.61 Å². The van der Waals surface area contributed by atoms with Gasteiger partial charge in [0.25, 0.3) is 0 Å². The highest BCUT2D eigenvalue weighted by Crippen LogP contribution is 2.35. The molecule has 2 unspecified atom stereocenters. The minimum atomic E-state index is -0.344. The lowest BCUT2D eigenvalue weighted by Crippen LogP contribution is -2.48. The van der Waals surface area contributed by atoms with Crippen molar-refractivity contribution in [2.45, 2.75) is 43.9 Å². The Hall–Kier alpha value is -0.810. The average Bonchev–Trinajstić information content (AvgIpc) is 2.48. The molecule has 2 saturated heterocycles. The normalized spacial score (nSPS) is 34.3. The maximum Gasteiger partial charge on any atom is 0.410 e. The van der Waals surface area contributed by atoms with Gasteiger partial charge in [-0.2, -0.15) is 0 Å². The molecule has 0 saturated carbocycles. The third kappa shape index (κ3) is 2.08. The van der Waals surface area contributed by atoms with Crippen LogP contribution in [0.5, 0.6) is 0 Å². The third-order valence-corrected chi connectivity index (χ3v) is 3.24. The van der Waals surface area contributed by atoms with Gasteiger partial charge in [-0.1, -0.05) is 0 Å². The van der Waals surface area contributed by atoms with Gasteiger partial charge in [-0.15, -0.1) is 0 Å². The van der Waals surface area contributed by atoms with Gasteiger partial charge in [-0.05, 0) is 25.7 Å². The first-order valence-corrected chi connectivity index (χ1v) is 5.46. The van der Waals surface area contributed by atoms with Gasteiger partial charge in [-0.25, -0.2) is 4.79 Å². The molecule has 2 heterocycles. The van der Waals surface area contributed by atoms with E-state index in [-0.39, 0.29) is 37.5 Å². The summed E-state index contributed by atoms with van der Waals surface area (Å²) in [5, 5.41) is 18.1. The number of fused-ring (bicyclic) bond motifs is 2. The highest BCUT2D eigenvalue weighted by atomic mass is 16.6. The van der Waals surface area contributed by atoms with Crippen molar-refractivity contribution in [1.29, 1.82) is 0 Å². The van der Waals surface area contributed by atoms with Crippen LogP contribution < -0.4 is 0 Å². The Bertz CT molecular complexity index is 232. The third-order valence-electron chi connectivity index (χ3n) is 3.24. The van der Waals surface area contributed by atoms with Crippen molar-refractivity contribution in [2.75, 3.05) is 13.2 Å². The molecule has 2 rings (SSSR count). The van der Waals surface area contributed by atoms with Crippen LogP contribution in [0.25, 0.3) is 0 Å². The van der Waals surface area contributed by atoms with Gasteiger partial charge < -0.3 is 19.8 Å². The Kier molecular flexibility index (Phi) is 3.11. The molecule has 1 amide bonds. The zero-order chi connectivity index (χ0) is 10.8. The number of rotatable bonds is 2. The first-order valence-electron chi connectivity index (χ1n) is 5.46. The first-order chi connectivity index (χ1) is 7.22. The van der Waals surface area contributed by atoms with Crippen LogP contribution in [0.15, 0.2) is 0 Å². The lowest BCUT2D eigenvalue weighted by molar-refractivity contribution is 0.0198. The summed E-state index contributed by atoms with van der Waals surface area (Å²) in [5.74, 6) is 0. The number of ether oxygens (including phenoxy) is 1. The fourth-order valence-electron chi connectivity index (χ4n) is 2.65. The average molecular weight is 215 g/mol. The topological polar surface area (TPSA) is 70.0 Å². The van der Waals surface area contributed by atoms with Crippen molar-refractivity contribution >= 4 is 6.09 Å². The van der Waals surface area contributed by atoms with Gasteiger partial charge in [0, 0.05) is 12.1 Å². The monoisotopic (exact) mass is 215 g/mol. The number of aliphatic hydroxyl groups is 2. The molecule has 0 aromatic heterocycles. The van der Waals surface area contributed by atoms with Gasteiger partial charge >= 0.3 is 6.09 Å². The van der Waals surface area contributed by atoms with E-state index in [1.54, 1.807) is 4.90 Å². The van der Waals surface area contributed by atoms with Crippen LogP contribution in [0, 0.1) is 0 Å². The zero-order valence-corrected chi connectivity index (χ0v) is 8.63. The molecule has 2 aliphatic rings. The van der Waals surface area contributed by atoms with Crippen molar-refractivity contribution in [3.05, 3.63) is 0 Å². The maximum atomic E-state index is 11.6. The van der Waals surface area contributed by atoms with Crippen LogP contribution >= 0.6 is 0 Å². The second kappa shape index (κ2) is 4.37. The summed E-state index contributed by atoms with van der Waals surface area (Å²) < 4.78 is 4.90. The summed E-state index contributed by atoms with van der Waals surface area (Å²) in [6.07, 6.45) is 2.61. The van der Waals surface area contributed by atoms with Crippen LogP contribution in [-0.4, -0.2) is 52.6 Å². The zero-order valence-electron chi connectivity index (χ0n) is 8.63. The van der Waals surface area contributed by atoms with E-state index in [9.17, 15) is 9.90 Å². The molecule has 0 aromatic rings. The maximum absolute atomic E-state index is 11.6. The van der Waals surface area contributed by atoms with E-state index in [4.69, 9.17) is 9.84 Å². The fraction of sp³-hybridized carbons (Fsp3) is 0.900. The van der Waals surface area contributed by atoms with Gasteiger partial charge in [0.05, 0.1) is 12.7 Å². The molecule has 0 radical (unpaired) electrons. The number of aliphatic hydroxyl groups excluding tert-OH is 2. The molecular formula is C10H17NO4. The molecule has 5 nitrogen and oxygen atoms in total. The molecule has 2 atom stereocenters. The Morgan fingerprint density at radius 2 is 1.93 bits per heavy atom. The number of amides is 1. The number of nitrogens with zero attached hydrogens (tertiary/aromatic N) is 1. The predicted octanol–water partition coefficient (Wildman–Crippen LogP) is 0.103. The van der Waals surface area contributed by atoms with Crippen LogP contribution in [0.2, 0.25) is 0 Å². The minimum absolute atomic E-state index is 0.0529. The summed E-state index contributed by atoms with van der Waals surface area (Å²) in [5.41, 5.74) is 0. The molecule has 2 aliphatic heterocycles. The summed E-state index contributed by atoms with van der Waals surface area (Å²) in [7, 11) is 0. The first kappa shape index (κ1) is 10.7. The van der Waals surface area contributed by atoms with E-state index in [0.717, 1.165) is 12.8 Å².